The summed E-state index contributed by atoms with van der Waals surface area (Å²) < 4.78 is 1.55. The van der Waals surface area contributed by atoms with Crippen molar-refractivity contribution < 1.29 is 9.90 Å². The molecule has 1 aromatic heterocycles. The van der Waals surface area contributed by atoms with Crippen LogP contribution >= 0.6 is 0 Å². The van der Waals surface area contributed by atoms with Crippen LogP contribution < -0.4 is 5.56 Å². The molecule has 0 radical (unpaired) electrons. The lowest BCUT2D eigenvalue weighted by molar-refractivity contribution is -0.130. The van der Waals surface area contributed by atoms with Gasteiger partial charge in [-0.05, 0) is 24.8 Å². The number of hydrogen-bond acceptors (Lipinski definition) is 3. The molecule has 0 aliphatic carbocycles. The average molecular weight is 264 g/mol. The van der Waals surface area contributed by atoms with E-state index in [4.69, 9.17) is 5.11 Å². The molecule has 1 aliphatic heterocycles. The van der Waals surface area contributed by atoms with Crippen LogP contribution in [0.2, 0.25) is 0 Å². The molecule has 1 fully saturated rings. The van der Waals surface area contributed by atoms with Crippen molar-refractivity contribution in [2.75, 3.05) is 19.7 Å². The van der Waals surface area contributed by atoms with Crippen molar-refractivity contribution in [3.05, 3.63) is 34.7 Å². The Hall–Kier alpha value is -1.62. The highest BCUT2D eigenvalue weighted by atomic mass is 16.3. The third-order valence-corrected chi connectivity index (χ3v) is 3.64. The molecule has 0 bridgehead atoms. The van der Waals surface area contributed by atoms with Crippen LogP contribution in [0.1, 0.15) is 19.3 Å². The average Bonchev–Trinajstić information content (AvgIpc) is 2.87. The number of nitrogens with zero attached hydrogens (tertiary/aromatic N) is 2. The second-order valence-electron chi connectivity index (χ2n) is 4.99. The third kappa shape index (κ3) is 3.67. The molecule has 2 rings (SSSR count). The van der Waals surface area contributed by atoms with Gasteiger partial charge in [0.25, 0.3) is 5.56 Å². The number of aliphatic hydroxyl groups is 1. The Kier molecular flexibility index (Phi) is 4.74. The molecule has 19 heavy (non-hydrogen) atoms. The second kappa shape index (κ2) is 6.52. The van der Waals surface area contributed by atoms with E-state index in [2.05, 4.69) is 0 Å². The van der Waals surface area contributed by atoms with Gasteiger partial charge in [-0.3, -0.25) is 9.59 Å². The molecule has 0 saturated carbocycles. The van der Waals surface area contributed by atoms with Gasteiger partial charge in [0.05, 0.1) is 0 Å². The normalized spacial score (nSPS) is 18.8. The van der Waals surface area contributed by atoms with Crippen LogP contribution in [0.3, 0.4) is 0 Å². The standard InChI is InChI=1S/C14H20N2O3/c17-10-6-12-4-8-16(11-12)14(19)5-9-15-7-2-1-3-13(15)18/h1-3,7,12,17H,4-6,8-11H2. The Morgan fingerprint density at radius 3 is 3.00 bits per heavy atom. The van der Waals surface area contributed by atoms with Gasteiger partial charge >= 0.3 is 0 Å². The molecule has 1 unspecified atom stereocenters. The van der Waals surface area contributed by atoms with Crippen molar-refractivity contribution in [3.8, 4) is 0 Å². The molecule has 0 aromatic carbocycles. The summed E-state index contributed by atoms with van der Waals surface area (Å²) >= 11 is 0. The fourth-order valence-corrected chi connectivity index (χ4v) is 2.50. The van der Waals surface area contributed by atoms with Gasteiger partial charge in [0.15, 0.2) is 0 Å². The Morgan fingerprint density at radius 1 is 1.42 bits per heavy atom. The number of aromatic nitrogens is 1. The summed E-state index contributed by atoms with van der Waals surface area (Å²) in [7, 11) is 0. The molecule has 5 nitrogen and oxygen atoms in total. The molecule has 1 atom stereocenters. The molecule has 1 aliphatic rings. The van der Waals surface area contributed by atoms with E-state index in [0.29, 0.717) is 18.9 Å². The molecule has 2 heterocycles. The van der Waals surface area contributed by atoms with Gasteiger partial charge in [0.1, 0.15) is 0 Å². The maximum absolute atomic E-state index is 12.0. The molecule has 0 spiro atoms. The van der Waals surface area contributed by atoms with Crippen LogP contribution in [-0.4, -0.2) is 40.2 Å². The molecule has 1 N–H and O–H groups in total. The van der Waals surface area contributed by atoms with Crippen LogP contribution in [-0.2, 0) is 11.3 Å². The zero-order valence-electron chi connectivity index (χ0n) is 11.0. The SMILES string of the molecule is O=C(CCn1ccccc1=O)N1CCC(CCO)C1. The zero-order chi connectivity index (χ0) is 13.7. The maximum atomic E-state index is 12.0. The Bertz CT molecular complexity index is 484. The lowest BCUT2D eigenvalue weighted by atomic mass is 10.1. The predicted molar refractivity (Wildman–Crippen MR) is 71.7 cm³/mol. The van der Waals surface area contributed by atoms with E-state index in [1.165, 1.54) is 6.07 Å². The Labute approximate surface area is 112 Å². The fraction of sp³-hybridized carbons (Fsp3) is 0.571. The summed E-state index contributed by atoms with van der Waals surface area (Å²) in [6, 6.07) is 4.98. The van der Waals surface area contributed by atoms with E-state index in [-0.39, 0.29) is 18.1 Å². The van der Waals surface area contributed by atoms with Gasteiger partial charge in [-0.15, -0.1) is 0 Å². The molecule has 1 saturated heterocycles. The third-order valence-electron chi connectivity index (χ3n) is 3.64. The highest BCUT2D eigenvalue weighted by Crippen LogP contribution is 2.19. The Balaban J connectivity index is 1.82. The lowest BCUT2D eigenvalue weighted by Crippen LogP contribution is -2.30. The molecule has 1 aromatic rings. The van der Waals surface area contributed by atoms with E-state index >= 15 is 0 Å². The molecule has 1 amide bonds. The monoisotopic (exact) mass is 264 g/mol. The number of carbonyl (C=O) groups is 1. The first-order valence-electron chi connectivity index (χ1n) is 6.75. The summed E-state index contributed by atoms with van der Waals surface area (Å²) in [6.07, 6.45) is 3.80. The van der Waals surface area contributed by atoms with Crippen molar-refractivity contribution in [1.29, 1.82) is 0 Å². The van der Waals surface area contributed by atoms with E-state index in [9.17, 15) is 9.59 Å². The minimum absolute atomic E-state index is 0.0742. The van der Waals surface area contributed by atoms with E-state index in [0.717, 1.165) is 25.9 Å². The highest BCUT2D eigenvalue weighted by Gasteiger charge is 2.25. The minimum atomic E-state index is -0.0742. The predicted octanol–water partition coefficient (Wildman–Crippen LogP) is 0.469. The Morgan fingerprint density at radius 2 is 2.26 bits per heavy atom. The van der Waals surface area contributed by atoms with Crippen molar-refractivity contribution in [1.82, 2.24) is 9.47 Å². The summed E-state index contributed by atoms with van der Waals surface area (Å²) in [5.74, 6) is 0.518. The van der Waals surface area contributed by atoms with Gasteiger partial charge in [0.2, 0.25) is 5.91 Å². The number of likely N-dealkylation sites (tertiary alicyclic amines) is 1. The molecule has 5 heteroatoms. The van der Waals surface area contributed by atoms with Crippen molar-refractivity contribution in [2.45, 2.75) is 25.8 Å². The van der Waals surface area contributed by atoms with Gasteiger partial charge in [-0.1, -0.05) is 6.07 Å². The maximum Gasteiger partial charge on any atom is 0.250 e. The van der Waals surface area contributed by atoms with E-state index in [1.807, 2.05) is 4.90 Å². The molecule has 104 valence electrons. The number of carbonyl (C=O) groups excluding carboxylic acids is 1. The van der Waals surface area contributed by atoms with Crippen LogP contribution in [0.5, 0.6) is 0 Å². The lowest BCUT2D eigenvalue weighted by Gasteiger charge is -2.16. The number of amides is 1. The van der Waals surface area contributed by atoms with Gasteiger partial charge < -0.3 is 14.6 Å². The fourth-order valence-electron chi connectivity index (χ4n) is 2.50. The second-order valence-corrected chi connectivity index (χ2v) is 4.99. The zero-order valence-corrected chi connectivity index (χ0v) is 11.0. The van der Waals surface area contributed by atoms with Crippen molar-refractivity contribution >= 4 is 5.91 Å². The number of rotatable bonds is 5. The summed E-state index contributed by atoms with van der Waals surface area (Å²) in [4.78, 5) is 25.4. The van der Waals surface area contributed by atoms with Gasteiger partial charge in [-0.2, -0.15) is 0 Å². The van der Waals surface area contributed by atoms with Crippen LogP contribution in [0.15, 0.2) is 29.2 Å². The van der Waals surface area contributed by atoms with Crippen molar-refractivity contribution in [3.63, 3.8) is 0 Å². The molecular formula is C14H20N2O3. The van der Waals surface area contributed by atoms with E-state index < -0.39 is 0 Å². The summed E-state index contributed by atoms with van der Waals surface area (Å²) in [6.45, 7) is 2.13. The van der Waals surface area contributed by atoms with Crippen LogP contribution in [0.25, 0.3) is 0 Å². The quantitative estimate of drug-likeness (QED) is 0.841. The molecular weight excluding hydrogens is 244 g/mol. The van der Waals surface area contributed by atoms with E-state index in [1.54, 1.807) is 22.9 Å². The largest absolute Gasteiger partial charge is 0.396 e. The highest BCUT2D eigenvalue weighted by molar-refractivity contribution is 5.76. The first-order valence-corrected chi connectivity index (χ1v) is 6.75. The first-order chi connectivity index (χ1) is 9.20. The van der Waals surface area contributed by atoms with Crippen molar-refractivity contribution in [2.24, 2.45) is 5.92 Å². The minimum Gasteiger partial charge on any atom is -0.396 e. The summed E-state index contributed by atoms with van der Waals surface area (Å²) in [5, 5.41) is 8.89. The number of aliphatic hydroxyl groups excluding tert-OH is 1. The number of pyridine rings is 1. The topological polar surface area (TPSA) is 62.5 Å². The van der Waals surface area contributed by atoms with Crippen LogP contribution in [0.4, 0.5) is 0 Å². The van der Waals surface area contributed by atoms with Gasteiger partial charge in [0, 0.05) is 44.9 Å². The smallest absolute Gasteiger partial charge is 0.250 e. The summed E-state index contributed by atoms with van der Waals surface area (Å²) in [5.41, 5.74) is -0.0742. The van der Waals surface area contributed by atoms with Gasteiger partial charge in [-0.25, -0.2) is 0 Å². The van der Waals surface area contributed by atoms with Crippen LogP contribution in [0, 0.1) is 5.92 Å². The number of hydrogen-bond donors (Lipinski definition) is 1. The first kappa shape index (κ1) is 13.8. The number of aryl methyl sites for hydroxylation is 1.